The minimum atomic E-state index is -0.399. The van der Waals surface area contributed by atoms with Crippen LogP contribution in [0.5, 0.6) is 5.75 Å². The van der Waals surface area contributed by atoms with Crippen molar-refractivity contribution in [3.05, 3.63) is 65.5 Å². The number of benzene rings is 1. The number of nitrogens with zero attached hydrogens (tertiary/aromatic N) is 4. The number of aromatic nitrogens is 5. The van der Waals surface area contributed by atoms with Crippen molar-refractivity contribution in [2.45, 2.75) is 13.8 Å². The smallest absolute Gasteiger partial charge is 0.254 e. The van der Waals surface area contributed by atoms with Crippen LogP contribution in [0.3, 0.4) is 0 Å². The van der Waals surface area contributed by atoms with Gasteiger partial charge in [-0.15, -0.1) is 0 Å². The molecular weight excluding hydrogens is 439 g/mol. The maximum absolute atomic E-state index is 13.6. The summed E-state index contributed by atoms with van der Waals surface area (Å²) in [7, 11) is 3.08. The van der Waals surface area contributed by atoms with Crippen molar-refractivity contribution >= 4 is 28.9 Å². The Morgan fingerprint density at radius 2 is 1.82 bits per heavy atom. The highest BCUT2D eigenvalue weighted by Gasteiger charge is 2.18. The number of carbonyl (C=O) groups is 1. The Morgan fingerprint density at radius 1 is 1.06 bits per heavy atom. The monoisotopic (exact) mass is 462 g/mol. The topological polar surface area (TPSA) is 130 Å². The molecule has 3 aromatic heterocycles. The van der Waals surface area contributed by atoms with Gasteiger partial charge in [0.25, 0.3) is 5.91 Å². The third kappa shape index (κ3) is 4.63. The average Bonchev–Trinajstić information content (AvgIpc) is 3.27. The average molecular weight is 462 g/mol. The Morgan fingerprint density at radius 3 is 2.50 bits per heavy atom. The minimum absolute atomic E-state index is 0.317. The van der Waals surface area contributed by atoms with Gasteiger partial charge in [0.1, 0.15) is 23.3 Å². The SMILES string of the molecule is CNC(=O)c1cnc(Nc2cc(C)c(F)cn2)cc1Nc1cccc(-c2n[nH]c(C)n2)c1OC. The van der Waals surface area contributed by atoms with Crippen molar-refractivity contribution in [1.29, 1.82) is 0 Å². The highest BCUT2D eigenvalue weighted by molar-refractivity contribution is 6.00. The summed E-state index contributed by atoms with van der Waals surface area (Å²) in [6, 6.07) is 8.72. The first kappa shape index (κ1) is 22.6. The number of amides is 1. The third-order valence-electron chi connectivity index (χ3n) is 5.01. The number of H-pyrrole nitrogens is 1. The molecular formula is C23H23FN8O2. The molecule has 1 amide bonds. The van der Waals surface area contributed by atoms with E-state index in [0.717, 1.165) is 6.20 Å². The van der Waals surface area contributed by atoms with Gasteiger partial charge in [0.15, 0.2) is 11.6 Å². The molecule has 0 bridgehead atoms. The van der Waals surface area contributed by atoms with Crippen LogP contribution < -0.4 is 20.7 Å². The first-order chi connectivity index (χ1) is 16.4. The summed E-state index contributed by atoms with van der Waals surface area (Å²) in [5.74, 6) is 1.78. The molecule has 0 aliphatic heterocycles. The van der Waals surface area contributed by atoms with E-state index in [1.165, 1.54) is 13.2 Å². The molecule has 0 saturated heterocycles. The Hall–Kier alpha value is -4.54. The van der Waals surface area contributed by atoms with Gasteiger partial charge in [-0.05, 0) is 37.6 Å². The number of ether oxygens (including phenoxy) is 1. The maximum Gasteiger partial charge on any atom is 0.254 e. The van der Waals surface area contributed by atoms with Gasteiger partial charge in [-0.2, -0.15) is 5.10 Å². The van der Waals surface area contributed by atoms with Gasteiger partial charge in [-0.1, -0.05) is 6.07 Å². The zero-order valence-corrected chi connectivity index (χ0v) is 19.0. The lowest BCUT2D eigenvalue weighted by atomic mass is 10.1. The predicted octanol–water partition coefficient (Wildman–Crippen LogP) is 3.87. The number of anilines is 4. The normalized spacial score (nSPS) is 10.6. The lowest BCUT2D eigenvalue weighted by Crippen LogP contribution is -2.19. The number of methoxy groups -OCH3 is 1. The van der Waals surface area contributed by atoms with E-state index in [1.807, 2.05) is 25.1 Å². The highest BCUT2D eigenvalue weighted by atomic mass is 19.1. The van der Waals surface area contributed by atoms with Crippen LogP contribution in [0.1, 0.15) is 21.7 Å². The molecule has 0 radical (unpaired) electrons. The molecule has 11 heteroatoms. The molecule has 0 unspecified atom stereocenters. The third-order valence-corrected chi connectivity index (χ3v) is 5.01. The van der Waals surface area contributed by atoms with E-state index in [2.05, 4.69) is 41.1 Å². The van der Waals surface area contributed by atoms with Gasteiger partial charge in [-0.3, -0.25) is 9.89 Å². The standard InChI is InChI=1S/C23H23FN8O2/c1-12-8-19(27-11-16(12)24)30-20-9-18(15(10-26-20)23(33)25-3)29-17-7-5-6-14(21(17)34-4)22-28-13(2)31-32-22/h5-11H,1-4H3,(H,25,33)(H,28,31,32)(H2,26,27,29,30). The van der Waals surface area contributed by atoms with E-state index in [0.29, 0.717) is 57.1 Å². The zero-order valence-electron chi connectivity index (χ0n) is 19.0. The van der Waals surface area contributed by atoms with Crippen molar-refractivity contribution < 1.29 is 13.9 Å². The first-order valence-electron chi connectivity index (χ1n) is 10.3. The minimum Gasteiger partial charge on any atom is -0.494 e. The number of pyridine rings is 2. The van der Waals surface area contributed by atoms with E-state index < -0.39 is 5.82 Å². The summed E-state index contributed by atoms with van der Waals surface area (Å²) in [5, 5.41) is 15.9. The number of nitrogens with one attached hydrogen (secondary N) is 4. The largest absolute Gasteiger partial charge is 0.494 e. The molecule has 0 saturated carbocycles. The molecule has 4 rings (SSSR count). The molecule has 0 fully saturated rings. The van der Waals surface area contributed by atoms with Crippen molar-refractivity contribution in [3.8, 4) is 17.1 Å². The zero-order chi connectivity index (χ0) is 24.2. The molecule has 0 aliphatic carbocycles. The van der Waals surface area contributed by atoms with Crippen LogP contribution in [-0.2, 0) is 0 Å². The van der Waals surface area contributed by atoms with Gasteiger partial charge in [0.05, 0.1) is 35.8 Å². The van der Waals surface area contributed by atoms with Crippen LogP contribution >= 0.6 is 0 Å². The van der Waals surface area contributed by atoms with E-state index in [1.54, 1.807) is 26.2 Å². The maximum atomic E-state index is 13.6. The molecule has 0 spiro atoms. The Kier molecular flexibility index (Phi) is 6.35. The van der Waals surface area contributed by atoms with Crippen LogP contribution in [0.25, 0.3) is 11.4 Å². The van der Waals surface area contributed by atoms with Gasteiger partial charge >= 0.3 is 0 Å². The van der Waals surface area contributed by atoms with Crippen molar-refractivity contribution in [2.75, 3.05) is 24.8 Å². The highest BCUT2D eigenvalue weighted by Crippen LogP contribution is 2.37. The van der Waals surface area contributed by atoms with Crippen LogP contribution in [0, 0.1) is 19.7 Å². The van der Waals surface area contributed by atoms with Crippen LogP contribution in [0.15, 0.2) is 42.7 Å². The second kappa shape index (κ2) is 9.53. The number of halogens is 1. The summed E-state index contributed by atoms with van der Waals surface area (Å²) in [5.41, 5.74) is 2.51. The Labute approximate surface area is 195 Å². The van der Waals surface area contributed by atoms with E-state index in [-0.39, 0.29) is 5.91 Å². The summed E-state index contributed by atoms with van der Waals surface area (Å²) in [6.07, 6.45) is 2.58. The summed E-state index contributed by atoms with van der Waals surface area (Å²) < 4.78 is 19.2. The predicted molar refractivity (Wildman–Crippen MR) is 126 cm³/mol. The fraction of sp³-hybridized carbons (Fsp3) is 0.174. The van der Waals surface area contributed by atoms with E-state index in [9.17, 15) is 9.18 Å². The molecule has 1 aromatic carbocycles. The molecule has 34 heavy (non-hydrogen) atoms. The van der Waals surface area contributed by atoms with E-state index in [4.69, 9.17) is 4.74 Å². The second-order valence-corrected chi connectivity index (χ2v) is 7.39. The van der Waals surface area contributed by atoms with Crippen molar-refractivity contribution in [1.82, 2.24) is 30.5 Å². The Bertz CT molecular complexity index is 1350. The number of para-hydroxylation sites is 1. The fourth-order valence-corrected chi connectivity index (χ4v) is 3.32. The quantitative estimate of drug-likeness (QED) is 0.326. The number of hydrogen-bond donors (Lipinski definition) is 4. The van der Waals surface area contributed by atoms with Crippen molar-refractivity contribution in [2.24, 2.45) is 0 Å². The van der Waals surface area contributed by atoms with Crippen LogP contribution in [0.2, 0.25) is 0 Å². The molecule has 4 aromatic rings. The number of carbonyl (C=O) groups excluding carboxylic acids is 1. The van der Waals surface area contributed by atoms with E-state index >= 15 is 0 Å². The van der Waals surface area contributed by atoms with Gasteiger partial charge in [0.2, 0.25) is 0 Å². The number of aryl methyl sites for hydroxylation is 2. The molecule has 0 atom stereocenters. The Balaban J connectivity index is 1.73. The van der Waals surface area contributed by atoms with Gasteiger partial charge < -0.3 is 20.7 Å². The lowest BCUT2D eigenvalue weighted by molar-refractivity contribution is 0.0963. The molecule has 10 nitrogen and oxygen atoms in total. The molecule has 3 heterocycles. The first-order valence-corrected chi connectivity index (χ1v) is 10.3. The van der Waals surface area contributed by atoms with Crippen LogP contribution in [0.4, 0.5) is 27.4 Å². The summed E-state index contributed by atoms with van der Waals surface area (Å²) >= 11 is 0. The molecule has 0 aliphatic rings. The fourth-order valence-electron chi connectivity index (χ4n) is 3.32. The van der Waals surface area contributed by atoms with Gasteiger partial charge in [-0.25, -0.2) is 19.3 Å². The van der Waals surface area contributed by atoms with Crippen molar-refractivity contribution in [3.63, 3.8) is 0 Å². The molecule has 4 N–H and O–H groups in total. The van der Waals surface area contributed by atoms with Crippen LogP contribution in [-0.4, -0.2) is 45.2 Å². The van der Waals surface area contributed by atoms with Gasteiger partial charge in [0, 0.05) is 19.3 Å². The summed E-state index contributed by atoms with van der Waals surface area (Å²) in [4.78, 5) is 25.2. The molecule has 174 valence electrons. The summed E-state index contributed by atoms with van der Waals surface area (Å²) in [6.45, 7) is 3.45. The second-order valence-electron chi connectivity index (χ2n) is 7.39. The number of hydrogen-bond acceptors (Lipinski definition) is 8. The lowest BCUT2D eigenvalue weighted by Gasteiger charge is -2.17. The number of aromatic amines is 1. The number of rotatable bonds is 7.